The maximum Gasteiger partial charge on any atom is 0.147 e. The van der Waals surface area contributed by atoms with Gasteiger partial charge in [0, 0.05) is 0 Å². The summed E-state index contributed by atoms with van der Waals surface area (Å²) in [6.45, 7) is 16.1. The Morgan fingerprint density at radius 2 is 1.59 bits per heavy atom. The van der Waals surface area contributed by atoms with Crippen molar-refractivity contribution in [3.05, 3.63) is 59.7 Å². The van der Waals surface area contributed by atoms with E-state index in [1.807, 2.05) is 24.3 Å². The predicted molar refractivity (Wildman–Crippen MR) is 121 cm³/mol. The van der Waals surface area contributed by atoms with Crippen molar-refractivity contribution in [2.75, 3.05) is 6.61 Å². The number of benzene rings is 2. The van der Waals surface area contributed by atoms with E-state index in [0.717, 1.165) is 28.9 Å². The lowest BCUT2D eigenvalue weighted by Crippen LogP contribution is -2.25. The van der Waals surface area contributed by atoms with Crippen LogP contribution in [-0.2, 0) is 5.41 Å². The van der Waals surface area contributed by atoms with Crippen LogP contribution in [0.25, 0.3) is 16.7 Å². The van der Waals surface area contributed by atoms with Gasteiger partial charge in [-0.25, -0.2) is 0 Å². The number of ether oxygens (including phenoxy) is 1. The molecule has 1 heterocycles. The molecule has 0 amide bonds. The van der Waals surface area contributed by atoms with E-state index in [1.165, 1.54) is 11.1 Å². The Morgan fingerprint density at radius 1 is 0.966 bits per heavy atom. The van der Waals surface area contributed by atoms with E-state index >= 15 is 0 Å². The first-order valence-electron chi connectivity index (χ1n) is 10.3. The molecule has 0 unspecified atom stereocenters. The highest BCUT2D eigenvalue weighted by Gasteiger charge is 2.28. The third kappa shape index (κ3) is 5.26. The van der Waals surface area contributed by atoms with Gasteiger partial charge >= 0.3 is 0 Å². The molecule has 0 aliphatic heterocycles. The van der Waals surface area contributed by atoms with E-state index in [-0.39, 0.29) is 10.8 Å². The van der Waals surface area contributed by atoms with E-state index in [2.05, 4.69) is 72.7 Å². The Labute approximate surface area is 174 Å². The van der Waals surface area contributed by atoms with E-state index < -0.39 is 0 Å². The van der Waals surface area contributed by atoms with Crippen LogP contribution >= 0.6 is 0 Å². The molecule has 2 aromatic carbocycles. The van der Waals surface area contributed by atoms with E-state index in [1.54, 1.807) is 4.80 Å². The van der Waals surface area contributed by atoms with Crippen molar-refractivity contribution in [3.63, 3.8) is 0 Å². The molecule has 0 N–H and O–H groups in total. The zero-order chi connectivity index (χ0) is 21.2. The normalized spacial score (nSPS) is 12.2. The Hall–Kier alpha value is -2.62. The second kappa shape index (κ2) is 8.02. The van der Waals surface area contributed by atoms with Crippen molar-refractivity contribution in [1.29, 1.82) is 0 Å². The molecule has 0 aliphatic rings. The minimum atomic E-state index is 0.0258. The molecule has 29 heavy (non-hydrogen) atoms. The van der Waals surface area contributed by atoms with Crippen molar-refractivity contribution in [2.45, 2.75) is 60.3 Å². The largest absolute Gasteiger partial charge is 0.487 e. The van der Waals surface area contributed by atoms with Crippen molar-refractivity contribution >= 4 is 11.0 Å². The summed E-state index contributed by atoms with van der Waals surface area (Å²) in [7, 11) is 0. The standard InChI is InChI=1S/C25H33N3O/c1-18(2)14-15-29-23-13-12-19(25(6,7)17-24(3,4)5)16-22(23)28-26-20-10-8-9-11-21(20)27-28/h8-14,16H,15,17H2,1-7H3. The Bertz CT molecular complexity index is 985. The number of allylic oxidation sites excluding steroid dienone is 1. The lowest BCUT2D eigenvalue weighted by atomic mass is 9.72. The molecule has 154 valence electrons. The van der Waals surface area contributed by atoms with Crippen LogP contribution in [0.2, 0.25) is 0 Å². The lowest BCUT2D eigenvalue weighted by molar-refractivity contribution is 0.283. The van der Waals surface area contributed by atoms with Crippen LogP contribution in [0.5, 0.6) is 5.75 Å². The van der Waals surface area contributed by atoms with Crippen molar-refractivity contribution in [2.24, 2.45) is 5.41 Å². The quantitative estimate of drug-likeness (QED) is 0.452. The van der Waals surface area contributed by atoms with Crippen LogP contribution in [0.3, 0.4) is 0 Å². The highest BCUT2D eigenvalue weighted by Crippen LogP contribution is 2.38. The first-order valence-corrected chi connectivity index (χ1v) is 10.3. The molecule has 3 aromatic rings. The summed E-state index contributed by atoms with van der Waals surface area (Å²) in [5, 5.41) is 9.39. The fraction of sp³-hybridized carbons (Fsp3) is 0.440. The van der Waals surface area contributed by atoms with Gasteiger partial charge in [0.15, 0.2) is 0 Å². The number of hydrogen-bond acceptors (Lipinski definition) is 3. The summed E-state index contributed by atoms with van der Waals surface area (Å²) >= 11 is 0. The second-order valence-corrected chi connectivity index (χ2v) is 9.87. The molecule has 0 aliphatic carbocycles. The maximum absolute atomic E-state index is 6.09. The number of nitrogens with zero attached hydrogens (tertiary/aromatic N) is 3. The van der Waals surface area contributed by atoms with E-state index in [4.69, 9.17) is 14.9 Å². The molecular formula is C25H33N3O. The SMILES string of the molecule is CC(C)=CCOc1ccc(C(C)(C)CC(C)(C)C)cc1-n1nc2ccccc2n1. The number of fused-ring (bicyclic) bond motifs is 1. The smallest absolute Gasteiger partial charge is 0.147 e. The summed E-state index contributed by atoms with van der Waals surface area (Å²) < 4.78 is 6.09. The Kier molecular flexibility index (Phi) is 5.83. The van der Waals surface area contributed by atoms with Crippen LogP contribution in [0.4, 0.5) is 0 Å². The molecule has 3 rings (SSSR count). The highest BCUT2D eigenvalue weighted by molar-refractivity contribution is 5.73. The van der Waals surface area contributed by atoms with Gasteiger partial charge in [-0.3, -0.25) is 0 Å². The van der Waals surface area contributed by atoms with Crippen molar-refractivity contribution < 1.29 is 4.74 Å². The summed E-state index contributed by atoms with van der Waals surface area (Å²) in [6.07, 6.45) is 3.15. The number of aromatic nitrogens is 3. The second-order valence-electron chi connectivity index (χ2n) is 9.87. The zero-order valence-electron chi connectivity index (χ0n) is 18.8. The Morgan fingerprint density at radius 3 is 2.14 bits per heavy atom. The van der Waals surface area contributed by atoms with Crippen LogP contribution in [0, 0.1) is 5.41 Å². The molecule has 0 saturated carbocycles. The lowest BCUT2D eigenvalue weighted by Gasteiger charge is -2.33. The average molecular weight is 392 g/mol. The minimum absolute atomic E-state index is 0.0258. The fourth-order valence-corrected chi connectivity index (χ4v) is 3.91. The molecular weight excluding hydrogens is 358 g/mol. The summed E-state index contributed by atoms with van der Waals surface area (Å²) in [6, 6.07) is 14.3. The van der Waals surface area contributed by atoms with Gasteiger partial charge in [0.1, 0.15) is 29.1 Å². The van der Waals surface area contributed by atoms with Gasteiger partial charge in [0.25, 0.3) is 0 Å². The monoisotopic (exact) mass is 391 g/mol. The van der Waals surface area contributed by atoms with Crippen molar-refractivity contribution in [3.8, 4) is 11.4 Å². The van der Waals surface area contributed by atoms with E-state index in [0.29, 0.717) is 6.61 Å². The van der Waals surface area contributed by atoms with Gasteiger partial charge in [-0.1, -0.05) is 58.4 Å². The van der Waals surface area contributed by atoms with Gasteiger partial charge in [-0.15, -0.1) is 15.0 Å². The third-order valence-corrected chi connectivity index (χ3v) is 4.95. The van der Waals surface area contributed by atoms with Gasteiger partial charge in [0.05, 0.1) is 0 Å². The van der Waals surface area contributed by atoms with Gasteiger partial charge in [-0.2, -0.15) is 0 Å². The van der Waals surface area contributed by atoms with Gasteiger partial charge in [-0.05, 0) is 67.0 Å². The van der Waals surface area contributed by atoms with Gasteiger partial charge < -0.3 is 4.74 Å². The first-order chi connectivity index (χ1) is 13.5. The molecule has 4 heteroatoms. The predicted octanol–water partition coefficient (Wildman–Crippen LogP) is 6.48. The van der Waals surface area contributed by atoms with Gasteiger partial charge in [0.2, 0.25) is 0 Å². The number of rotatable bonds is 6. The minimum Gasteiger partial charge on any atom is -0.487 e. The van der Waals surface area contributed by atoms with E-state index in [9.17, 15) is 0 Å². The number of hydrogen-bond donors (Lipinski definition) is 0. The van der Waals surface area contributed by atoms with Crippen LogP contribution in [0.15, 0.2) is 54.1 Å². The average Bonchev–Trinajstić information content (AvgIpc) is 3.03. The molecule has 0 fully saturated rings. The third-order valence-electron chi connectivity index (χ3n) is 4.95. The molecule has 0 spiro atoms. The molecule has 4 nitrogen and oxygen atoms in total. The molecule has 1 aromatic heterocycles. The Balaban J connectivity index is 2.06. The molecule has 0 radical (unpaired) electrons. The topological polar surface area (TPSA) is 39.9 Å². The first kappa shape index (κ1) is 21.1. The summed E-state index contributed by atoms with van der Waals surface area (Å²) in [5.41, 5.74) is 5.39. The summed E-state index contributed by atoms with van der Waals surface area (Å²) in [5.74, 6) is 0.790. The maximum atomic E-state index is 6.09. The molecule has 0 saturated heterocycles. The van der Waals surface area contributed by atoms with Crippen LogP contribution < -0.4 is 4.74 Å². The molecule has 0 bridgehead atoms. The highest BCUT2D eigenvalue weighted by atomic mass is 16.5. The molecule has 0 atom stereocenters. The summed E-state index contributed by atoms with van der Waals surface area (Å²) in [4.78, 5) is 1.71. The fourth-order valence-electron chi connectivity index (χ4n) is 3.91. The van der Waals surface area contributed by atoms with Crippen LogP contribution in [-0.4, -0.2) is 21.6 Å². The zero-order valence-corrected chi connectivity index (χ0v) is 18.8. The van der Waals surface area contributed by atoms with Crippen LogP contribution in [0.1, 0.15) is 60.5 Å². The van der Waals surface area contributed by atoms with Crippen molar-refractivity contribution in [1.82, 2.24) is 15.0 Å².